The number of phosphoric acid groups is 1. The molecule has 12 heteroatoms. The second-order valence-electron chi connectivity index (χ2n) is 23.7. The Hall–Kier alpha value is -2.30. The monoisotopic (exact) mass is 1180 g/mol. The number of carbonyl (C=O) groups excluding carboxylic acids is 3. The summed E-state index contributed by atoms with van der Waals surface area (Å²) in [6.07, 6.45) is 70.9. The van der Waals surface area contributed by atoms with Crippen molar-refractivity contribution < 1.29 is 52.2 Å². The summed E-state index contributed by atoms with van der Waals surface area (Å²) in [5.41, 5.74) is 0. The van der Waals surface area contributed by atoms with E-state index in [0.29, 0.717) is 19.3 Å². The van der Waals surface area contributed by atoms with Crippen LogP contribution in [0.15, 0.2) is 36.5 Å². The SMILES string of the molecule is CCCCC/C=C\C/C=C\CCCCCCCCCCCC(=O)OC(COC(=O)CCCCCCCCCCCCCCCCCCC)COP(=O)(O)OCC(CO)OC(=O)CCCCCCCCCCC/C=C\CCCCCCCC. The summed E-state index contributed by atoms with van der Waals surface area (Å²) in [5.74, 6) is -1.44. The number of rotatable bonds is 66. The van der Waals surface area contributed by atoms with E-state index < -0.39 is 57.8 Å². The number of hydrogen-bond acceptors (Lipinski definition) is 10. The lowest BCUT2D eigenvalue weighted by Gasteiger charge is -2.21. The molecule has 0 aliphatic rings. The third-order valence-corrected chi connectivity index (χ3v) is 16.5. The van der Waals surface area contributed by atoms with E-state index in [2.05, 4.69) is 57.2 Å². The number of ether oxygens (including phenoxy) is 3. The average molecular weight is 1180 g/mol. The Balaban J connectivity index is 4.63. The van der Waals surface area contributed by atoms with Gasteiger partial charge in [-0.2, -0.15) is 0 Å². The number of aliphatic hydroxyl groups excluding tert-OH is 1. The van der Waals surface area contributed by atoms with Crippen LogP contribution in [0.4, 0.5) is 0 Å². The van der Waals surface area contributed by atoms with Crippen molar-refractivity contribution in [3.63, 3.8) is 0 Å². The number of aliphatic hydroxyl groups is 1. The standard InChI is InChI=1S/C70H131O11P/c1-4-7-10-13-16-19-22-25-28-31-33-36-39-42-45-48-51-54-57-60-69(73)80-66(62-71)64-78-82(75,76)79-65-67(63-77-68(72)59-56-53-50-47-44-41-38-35-30-27-24-21-18-15-12-9-6-3)81-70(74)61-58-55-52-49-46-43-40-37-34-32-29-26-23-20-17-14-11-8-5-2/h17,20,25-26,28-29,66-67,71H,4-16,18-19,21-24,27,30-65H2,1-3H3,(H,75,76)/b20-17-,28-25-,29-26-. The van der Waals surface area contributed by atoms with Crippen LogP contribution in [0, 0.1) is 0 Å². The van der Waals surface area contributed by atoms with Crippen LogP contribution in [0.3, 0.4) is 0 Å². The first kappa shape index (κ1) is 79.7. The predicted molar refractivity (Wildman–Crippen MR) is 344 cm³/mol. The van der Waals surface area contributed by atoms with Gasteiger partial charge in [-0.15, -0.1) is 0 Å². The van der Waals surface area contributed by atoms with Crippen LogP contribution >= 0.6 is 7.82 Å². The van der Waals surface area contributed by atoms with Crippen LogP contribution in [0.2, 0.25) is 0 Å². The largest absolute Gasteiger partial charge is 0.472 e. The molecule has 0 aromatic carbocycles. The molecule has 0 rings (SSSR count). The Labute approximate surface area is 505 Å². The van der Waals surface area contributed by atoms with Crippen LogP contribution in [-0.4, -0.2) is 66.5 Å². The lowest BCUT2D eigenvalue weighted by Crippen LogP contribution is -2.30. The lowest BCUT2D eigenvalue weighted by molar-refractivity contribution is -0.161. The minimum atomic E-state index is -4.75. The number of allylic oxidation sites excluding steroid dienone is 6. The Morgan fingerprint density at radius 2 is 0.598 bits per heavy atom. The van der Waals surface area contributed by atoms with Gasteiger partial charge in [0.05, 0.1) is 19.8 Å². The Kier molecular flexibility index (Phi) is 62.9. The van der Waals surface area contributed by atoms with E-state index in [0.717, 1.165) is 70.6 Å². The highest BCUT2D eigenvalue weighted by atomic mass is 31.2. The number of hydrogen-bond donors (Lipinski definition) is 2. The molecule has 482 valence electrons. The summed E-state index contributed by atoms with van der Waals surface area (Å²) in [4.78, 5) is 48.9. The highest BCUT2D eigenvalue weighted by Gasteiger charge is 2.28. The first-order chi connectivity index (χ1) is 40.2. The van der Waals surface area contributed by atoms with Crippen molar-refractivity contribution in [2.24, 2.45) is 0 Å². The van der Waals surface area contributed by atoms with E-state index >= 15 is 0 Å². The maximum absolute atomic E-state index is 13.0. The molecule has 0 amide bonds. The number of unbranched alkanes of at least 4 members (excludes halogenated alkanes) is 43. The summed E-state index contributed by atoms with van der Waals surface area (Å²) in [5, 5.41) is 9.88. The fraction of sp³-hybridized carbons (Fsp3) is 0.871. The predicted octanol–water partition coefficient (Wildman–Crippen LogP) is 21.5. The molecule has 0 aliphatic heterocycles. The Morgan fingerprint density at radius 3 is 0.939 bits per heavy atom. The van der Waals surface area contributed by atoms with Crippen molar-refractivity contribution >= 4 is 25.7 Å². The van der Waals surface area contributed by atoms with E-state index in [1.165, 1.54) is 225 Å². The van der Waals surface area contributed by atoms with Crippen molar-refractivity contribution in [3.05, 3.63) is 36.5 Å². The average Bonchev–Trinajstić information content (AvgIpc) is 3.50. The van der Waals surface area contributed by atoms with Gasteiger partial charge in [-0.25, -0.2) is 4.57 Å². The molecule has 0 spiro atoms. The molecule has 2 N–H and O–H groups in total. The minimum absolute atomic E-state index is 0.167. The molecule has 0 fully saturated rings. The first-order valence-corrected chi connectivity index (χ1v) is 36.4. The molecular formula is C70H131O11P. The molecule has 3 unspecified atom stereocenters. The molecule has 0 bridgehead atoms. The summed E-state index contributed by atoms with van der Waals surface area (Å²) in [6, 6.07) is 0. The minimum Gasteiger partial charge on any atom is -0.462 e. The van der Waals surface area contributed by atoms with E-state index in [1.807, 2.05) is 0 Å². The zero-order valence-electron chi connectivity index (χ0n) is 53.7. The molecule has 11 nitrogen and oxygen atoms in total. The first-order valence-electron chi connectivity index (χ1n) is 34.9. The van der Waals surface area contributed by atoms with Gasteiger partial charge < -0.3 is 24.2 Å². The van der Waals surface area contributed by atoms with Gasteiger partial charge in [0.15, 0.2) is 6.10 Å². The van der Waals surface area contributed by atoms with Gasteiger partial charge in [-0.3, -0.25) is 23.4 Å². The summed E-state index contributed by atoms with van der Waals surface area (Å²) in [6.45, 7) is 4.70. The maximum atomic E-state index is 13.0. The topological polar surface area (TPSA) is 155 Å². The third kappa shape index (κ3) is 62.2. The molecule has 0 aromatic heterocycles. The second kappa shape index (κ2) is 64.7. The van der Waals surface area contributed by atoms with E-state index in [4.69, 9.17) is 23.3 Å². The van der Waals surface area contributed by atoms with Crippen LogP contribution in [0.5, 0.6) is 0 Å². The highest BCUT2D eigenvalue weighted by molar-refractivity contribution is 7.47. The Morgan fingerprint density at radius 1 is 0.341 bits per heavy atom. The summed E-state index contributed by atoms with van der Waals surface area (Å²) < 4.78 is 39.8. The van der Waals surface area contributed by atoms with Gasteiger partial charge >= 0.3 is 25.7 Å². The molecule has 0 aliphatic carbocycles. The van der Waals surface area contributed by atoms with Crippen LogP contribution < -0.4 is 0 Å². The lowest BCUT2D eigenvalue weighted by atomic mass is 10.0. The van der Waals surface area contributed by atoms with Crippen molar-refractivity contribution in [3.8, 4) is 0 Å². The molecule has 0 saturated carbocycles. The van der Waals surface area contributed by atoms with Gasteiger partial charge in [0.1, 0.15) is 12.7 Å². The van der Waals surface area contributed by atoms with Crippen LogP contribution in [-0.2, 0) is 42.2 Å². The van der Waals surface area contributed by atoms with E-state index in [-0.39, 0.29) is 25.9 Å². The normalized spacial score (nSPS) is 13.4. The molecule has 82 heavy (non-hydrogen) atoms. The van der Waals surface area contributed by atoms with Crippen LogP contribution in [0.1, 0.15) is 355 Å². The van der Waals surface area contributed by atoms with Crippen LogP contribution in [0.25, 0.3) is 0 Å². The van der Waals surface area contributed by atoms with Crippen molar-refractivity contribution in [1.29, 1.82) is 0 Å². The quantitative estimate of drug-likeness (QED) is 0.0197. The number of phosphoric ester groups is 1. The van der Waals surface area contributed by atoms with Gasteiger partial charge in [0.25, 0.3) is 0 Å². The van der Waals surface area contributed by atoms with Gasteiger partial charge in [-0.1, -0.05) is 295 Å². The molecule has 3 atom stereocenters. The van der Waals surface area contributed by atoms with Gasteiger partial charge in [0, 0.05) is 19.3 Å². The zero-order chi connectivity index (χ0) is 59.8. The van der Waals surface area contributed by atoms with Crippen molar-refractivity contribution in [2.45, 2.75) is 367 Å². The molecule has 0 aromatic rings. The third-order valence-electron chi connectivity index (χ3n) is 15.5. The smallest absolute Gasteiger partial charge is 0.462 e. The van der Waals surface area contributed by atoms with E-state index in [9.17, 15) is 28.9 Å². The number of esters is 3. The fourth-order valence-corrected chi connectivity index (χ4v) is 11.0. The summed E-state index contributed by atoms with van der Waals surface area (Å²) in [7, 11) is -4.75. The number of carbonyl (C=O) groups is 3. The summed E-state index contributed by atoms with van der Waals surface area (Å²) >= 11 is 0. The molecule has 0 radical (unpaired) electrons. The zero-order valence-corrected chi connectivity index (χ0v) is 54.6. The maximum Gasteiger partial charge on any atom is 0.472 e. The van der Waals surface area contributed by atoms with Crippen molar-refractivity contribution in [1.82, 2.24) is 0 Å². The Bertz CT molecular complexity index is 1520. The molecule has 0 heterocycles. The van der Waals surface area contributed by atoms with Gasteiger partial charge in [0.2, 0.25) is 0 Å². The second-order valence-corrected chi connectivity index (χ2v) is 25.2. The van der Waals surface area contributed by atoms with Crippen molar-refractivity contribution in [2.75, 3.05) is 26.4 Å². The molecular weight excluding hydrogens is 1050 g/mol. The molecule has 0 saturated heterocycles. The van der Waals surface area contributed by atoms with E-state index in [1.54, 1.807) is 0 Å². The fourth-order valence-electron chi connectivity index (χ4n) is 10.2. The van der Waals surface area contributed by atoms with Gasteiger partial charge in [-0.05, 0) is 77.0 Å². The highest BCUT2D eigenvalue weighted by Crippen LogP contribution is 2.43.